The number of fused-ring (bicyclic) bond motifs is 1. The highest BCUT2D eigenvalue weighted by molar-refractivity contribution is 8.13. The van der Waals surface area contributed by atoms with Gasteiger partial charge in [0.25, 0.3) is 5.13 Å². The normalized spacial score (nSPS) is 25.4. The molecule has 14 nitrogen and oxygen atoms in total. The number of hydrogen-bond acceptors (Lipinski definition) is 13. The average molecular weight is 641 g/mol. The SMILES string of the molecule is CC(C)OC(=O)[C@H](C)NP(=O)(OCCSC(=O)C(C)(C)C)OC[C@H]1O[C@@H](n2cnc3c(N)ncnc32)[C@](F)(Cl)[C@@H]1O. The molecule has 230 valence electrons. The number of hydrogen-bond donors (Lipinski definition) is 3. The van der Waals surface area contributed by atoms with Crippen molar-refractivity contribution in [2.75, 3.05) is 24.7 Å². The van der Waals surface area contributed by atoms with Crippen molar-refractivity contribution in [1.82, 2.24) is 24.6 Å². The van der Waals surface area contributed by atoms with E-state index in [4.69, 9.17) is 35.9 Å². The predicted octanol–water partition coefficient (Wildman–Crippen LogP) is 2.95. The molecule has 41 heavy (non-hydrogen) atoms. The minimum absolute atomic E-state index is 0.0443. The standard InChI is InChI=1S/C23H35ClFN6O8PS/c1-12(2)38-19(33)13(3)30-40(35,36-7-8-41-21(34)22(4,5)6)37-9-14-16(32)23(24,25)20(39-14)31-11-29-15-17(26)27-10-28-18(15)31/h10-14,16,20,32H,7-9H2,1-6H3,(H,30,35)(H2,26,27,28)/t13-,14+,16+,20+,23-,40?/m0/s1. The Morgan fingerprint density at radius 1 is 1.32 bits per heavy atom. The lowest BCUT2D eigenvalue weighted by Gasteiger charge is -2.25. The van der Waals surface area contributed by atoms with Crippen molar-refractivity contribution in [3.05, 3.63) is 12.7 Å². The summed E-state index contributed by atoms with van der Waals surface area (Å²) in [5.74, 6) is -0.546. The summed E-state index contributed by atoms with van der Waals surface area (Å²) in [5.41, 5.74) is 5.48. The van der Waals surface area contributed by atoms with Gasteiger partial charge >= 0.3 is 13.7 Å². The first-order valence-corrected chi connectivity index (χ1v) is 15.6. The Kier molecular flexibility index (Phi) is 10.8. The summed E-state index contributed by atoms with van der Waals surface area (Å²) >= 11 is 7.05. The highest BCUT2D eigenvalue weighted by atomic mass is 35.5. The number of anilines is 1. The van der Waals surface area contributed by atoms with Crippen LogP contribution in [0.4, 0.5) is 10.2 Å². The molecule has 1 unspecified atom stereocenters. The zero-order valence-corrected chi connectivity index (χ0v) is 25.9. The lowest BCUT2D eigenvalue weighted by Crippen LogP contribution is -2.39. The van der Waals surface area contributed by atoms with Crippen molar-refractivity contribution in [2.45, 2.75) is 77.3 Å². The summed E-state index contributed by atoms with van der Waals surface area (Å²) in [6, 6.07) is -1.13. The maximum atomic E-state index is 15.6. The minimum atomic E-state index is -4.31. The Morgan fingerprint density at radius 3 is 2.63 bits per heavy atom. The molecule has 1 saturated heterocycles. The molecule has 0 saturated carbocycles. The van der Waals surface area contributed by atoms with Crippen LogP contribution in [-0.4, -0.2) is 84.2 Å². The number of aliphatic hydroxyl groups excluding tert-OH is 1. The summed E-state index contributed by atoms with van der Waals surface area (Å²) in [7, 11) is -4.31. The molecule has 0 spiro atoms. The van der Waals surface area contributed by atoms with Crippen LogP contribution in [0, 0.1) is 5.41 Å². The predicted molar refractivity (Wildman–Crippen MR) is 150 cm³/mol. The van der Waals surface area contributed by atoms with Gasteiger partial charge in [-0.25, -0.2) is 29.0 Å². The number of esters is 1. The number of thioether (sulfide) groups is 1. The molecule has 3 heterocycles. The van der Waals surface area contributed by atoms with Crippen LogP contribution in [0.15, 0.2) is 12.7 Å². The fourth-order valence-corrected chi connectivity index (χ4v) is 6.25. The number of aliphatic hydroxyl groups is 1. The highest BCUT2D eigenvalue weighted by Crippen LogP contribution is 2.49. The van der Waals surface area contributed by atoms with Crippen LogP contribution >= 0.6 is 31.1 Å². The van der Waals surface area contributed by atoms with E-state index in [0.29, 0.717) is 0 Å². The molecule has 2 aromatic rings. The molecule has 0 aromatic carbocycles. The van der Waals surface area contributed by atoms with Gasteiger partial charge in [0.1, 0.15) is 30.1 Å². The van der Waals surface area contributed by atoms with Crippen molar-refractivity contribution in [3.8, 4) is 0 Å². The van der Waals surface area contributed by atoms with Crippen LogP contribution in [0.5, 0.6) is 0 Å². The first-order chi connectivity index (χ1) is 19.0. The number of halogens is 2. The maximum Gasteiger partial charge on any atom is 0.406 e. The van der Waals surface area contributed by atoms with Crippen molar-refractivity contribution in [3.63, 3.8) is 0 Å². The molecule has 4 N–H and O–H groups in total. The summed E-state index contributed by atoms with van der Waals surface area (Å²) in [6.45, 7) is 9.10. The number of nitrogens with two attached hydrogens (primary N) is 1. The summed E-state index contributed by atoms with van der Waals surface area (Å²) in [6.07, 6.45) is -3.13. The quantitative estimate of drug-likeness (QED) is 0.133. The van der Waals surface area contributed by atoms with Crippen molar-refractivity contribution in [2.24, 2.45) is 5.41 Å². The van der Waals surface area contributed by atoms with Crippen molar-refractivity contribution >= 4 is 59.2 Å². The lowest BCUT2D eigenvalue weighted by atomic mass is 10.00. The molecule has 3 rings (SSSR count). The number of rotatable bonds is 12. The smallest absolute Gasteiger partial charge is 0.406 e. The van der Waals surface area contributed by atoms with Gasteiger partial charge in [0.2, 0.25) is 0 Å². The van der Waals surface area contributed by atoms with Gasteiger partial charge in [-0.1, -0.05) is 44.1 Å². The van der Waals surface area contributed by atoms with Crippen LogP contribution in [-0.2, 0) is 32.7 Å². The second kappa shape index (κ2) is 13.2. The number of ether oxygens (including phenoxy) is 2. The Bertz CT molecular complexity index is 1290. The third-order valence-electron chi connectivity index (χ3n) is 5.68. The molecule has 0 aliphatic carbocycles. The van der Waals surface area contributed by atoms with Gasteiger partial charge in [-0.2, -0.15) is 0 Å². The molecule has 18 heteroatoms. The van der Waals surface area contributed by atoms with Gasteiger partial charge in [-0.15, -0.1) is 0 Å². The number of carbonyl (C=O) groups excluding carboxylic acids is 2. The van der Waals surface area contributed by atoms with Gasteiger partial charge in [0, 0.05) is 11.2 Å². The third-order valence-corrected chi connectivity index (χ3v) is 9.05. The van der Waals surface area contributed by atoms with E-state index >= 15 is 4.39 Å². The maximum absolute atomic E-state index is 15.6. The Hall–Kier alpha value is -1.91. The van der Waals surface area contributed by atoms with Gasteiger partial charge in [-0.3, -0.25) is 23.2 Å². The molecule has 1 fully saturated rings. The number of nitrogen functional groups attached to an aromatic ring is 1. The number of nitrogens with one attached hydrogen (secondary N) is 1. The number of imidazole rings is 1. The Morgan fingerprint density at radius 2 is 2.00 bits per heavy atom. The molecule has 0 bridgehead atoms. The largest absolute Gasteiger partial charge is 0.462 e. The van der Waals surface area contributed by atoms with Gasteiger partial charge in [0.15, 0.2) is 22.8 Å². The lowest BCUT2D eigenvalue weighted by molar-refractivity contribution is -0.149. The van der Waals surface area contributed by atoms with Gasteiger partial charge in [0.05, 0.1) is 25.6 Å². The first kappa shape index (κ1) is 33.6. The second-order valence-corrected chi connectivity index (χ2v) is 14.0. The molecular weight excluding hydrogens is 606 g/mol. The van der Waals surface area contributed by atoms with E-state index in [1.165, 1.54) is 13.3 Å². The molecular formula is C23H35ClFN6O8PS. The molecule has 0 radical (unpaired) electrons. The summed E-state index contributed by atoms with van der Waals surface area (Å²) in [5, 5.41) is 10.2. The molecule has 6 atom stereocenters. The van der Waals surface area contributed by atoms with E-state index in [2.05, 4.69) is 20.0 Å². The number of carbonyl (C=O) groups is 2. The van der Waals surface area contributed by atoms with E-state index in [1.807, 2.05) is 0 Å². The number of aromatic nitrogens is 4. The number of nitrogens with zero attached hydrogens (tertiary/aromatic N) is 4. The fraction of sp³-hybridized carbons (Fsp3) is 0.696. The molecule has 0 amide bonds. The van der Waals surface area contributed by atoms with E-state index in [1.54, 1.807) is 34.6 Å². The monoisotopic (exact) mass is 640 g/mol. The Balaban J connectivity index is 1.74. The Labute approximate surface area is 245 Å². The van der Waals surface area contributed by atoms with Crippen LogP contribution in [0.25, 0.3) is 11.2 Å². The number of alkyl halides is 2. The van der Waals surface area contributed by atoms with E-state index in [0.717, 1.165) is 22.7 Å². The zero-order chi connectivity index (χ0) is 30.8. The van der Waals surface area contributed by atoms with Gasteiger partial charge in [-0.05, 0) is 20.8 Å². The fourth-order valence-electron chi connectivity index (χ4n) is 3.56. The van der Waals surface area contributed by atoms with Gasteiger partial charge < -0.3 is 20.3 Å². The summed E-state index contributed by atoms with van der Waals surface area (Å²) < 4.78 is 52.1. The van der Waals surface area contributed by atoms with E-state index < -0.39 is 61.4 Å². The average Bonchev–Trinajstić information content (AvgIpc) is 3.38. The van der Waals surface area contributed by atoms with Crippen LogP contribution in [0.3, 0.4) is 0 Å². The van der Waals surface area contributed by atoms with E-state index in [9.17, 15) is 19.3 Å². The molecule has 1 aliphatic rings. The molecule has 1 aliphatic heterocycles. The molecule has 2 aromatic heterocycles. The zero-order valence-electron chi connectivity index (χ0n) is 23.4. The van der Waals surface area contributed by atoms with Crippen LogP contribution in [0.1, 0.15) is 47.8 Å². The highest BCUT2D eigenvalue weighted by Gasteiger charge is 2.58. The minimum Gasteiger partial charge on any atom is -0.462 e. The third kappa shape index (κ3) is 8.14. The summed E-state index contributed by atoms with van der Waals surface area (Å²) in [4.78, 5) is 36.4. The van der Waals surface area contributed by atoms with Crippen molar-refractivity contribution < 1.29 is 42.2 Å². The van der Waals surface area contributed by atoms with Crippen LogP contribution in [0.2, 0.25) is 0 Å². The topological polar surface area (TPSA) is 190 Å². The van der Waals surface area contributed by atoms with Crippen LogP contribution < -0.4 is 10.8 Å². The van der Waals surface area contributed by atoms with Crippen molar-refractivity contribution in [1.29, 1.82) is 0 Å². The second-order valence-electron chi connectivity index (χ2n) is 10.6. The van der Waals surface area contributed by atoms with E-state index in [-0.39, 0.29) is 34.5 Å². The first-order valence-electron chi connectivity index (χ1n) is 12.6.